The van der Waals surface area contributed by atoms with E-state index < -0.39 is 0 Å². The quantitative estimate of drug-likeness (QED) is 0.478. The molecule has 3 heteroatoms. The van der Waals surface area contributed by atoms with E-state index in [9.17, 15) is 0 Å². The maximum absolute atomic E-state index is 9.02. The highest BCUT2D eigenvalue weighted by atomic mass is 16.4. The number of nitrogens with zero attached hydrogens (tertiary/aromatic N) is 2. The van der Waals surface area contributed by atoms with Gasteiger partial charge in [-0.1, -0.05) is 35.5 Å². The van der Waals surface area contributed by atoms with Gasteiger partial charge in [0, 0.05) is 13.0 Å². The number of oxime groups is 1. The van der Waals surface area contributed by atoms with Gasteiger partial charge in [-0.3, -0.25) is 0 Å². The van der Waals surface area contributed by atoms with Crippen LogP contribution in [0.5, 0.6) is 0 Å². The topological polar surface area (TPSA) is 35.8 Å². The lowest BCUT2D eigenvalue weighted by Crippen LogP contribution is -2.22. The number of hydrogen-bond acceptors (Lipinski definition) is 3. The van der Waals surface area contributed by atoms with Crippen molar-refractivity contribution in [1.82, 2.24) is 4.90 Å². The third-order valence-corrected chi connectivity index (χ3v) is 3.09. The molecule has 0 bridgehead atoms. The van der Waals surface area contributed by atoms with E-state index in [1.54, 1.807) is 0 Å². The van der Waals surface area contributed by atoms with E-state index in [0.29, 0.717) is 0 Å². The molecule has 0 spiro atoms. The van der Waals surface area contributed by atoms with Crippen molar-refractivity contribution in [2.45, 2.75) is 19.3 Å². The summed E-state index contributed by atoms with van der Waals surface area (Å²) in [6.07, 6.45) is 3.42. The Kier molecular flexibility index (Phi) is 3.94. The summed E-state index contributed by atoms with van der Waals surface area (Å²) in [6, 6.07) is 9.88. The van der Waals surface area contributed by atoms with E-state index in [4.69, 9.17) is 5.21 Å². The Morgan fingerprint density at radius 3 is 2.50 bits per heavy atom. The third kappa shape index (κ3) is 2.83. The molecule has 1 aromatic rings. The van der Waals surface area contributed by atoms with Gasteiger partial charge in [0.25, 0.3) is 0 Å². The van der Waals surface area contributed by atoms with E-state index in [-0.39, 0.29) is 0 Å². The molecule has 3 nitrogen and oxygen atoms in total. The highest BCUT2D eigenvalue weighted by Gasteiger charge is 2.12. The number of hydrogen-bond donors (Lipinski definition) is 1. The van der Waals surface area contributed by atoms with Gasteiger partial charge in [0.15, 0.2) is 0 Å². The first-order valence-electron chi connectivity index (χ1n) is 5.89. The molecule has 0 aliphatic carbocycles. The van der Waals surface area contributed by atoms with E-state index in [1.165, 1.54) is 25.9 Å². The predicted molar refractivity (Wildman–Crippen MR) is 65.1 cm³/mol. The normalized spacial score (nSPS) is 17.9. The molecule has 1 aliphatic rings. The van der Waals surface area contributed by atoms with Crippen molar-refractivity contribution in [1.29, 1.82) is 0 Å². The zero-order chi connectivity index (χ0) is 11.2. The lowest BCUT2D eigenvalue weighted by Gasteiger charge is -2.14. The fourth-order valence-electron chi connectivity index (χ4n) is 2.15. The maximum atomic E-state index is 9.02. The molecule has 16 heavy (non-hydrogen) atoms. The van der Waals surface area contributed by atoms with Gasteiger partial charge in [0.2, 0.25) is 0 Å². The summed E-state index contributed by atoms with van der Waals surface area (Å²) in [5.74, 6) is 0. The summed E-state index contributed by atoms with van der Waals surface area (Å²) in [5, 5.41) is 12.4. The van der Waals surface area contributed by atoms with Crippen LogP contribution in [0.2, 0.25) is 0 Å². The molecule has 1 heterocycles. The lowest BCUT2D eigenvalue weighted by atomic mass is 10.1. The van der Waals surface area contributed by atoms with E-state index in [2.05, 4.69) is 10.1 Å². The van der Waals surface area contributed by atoms with Gasteiger partial charge in [0.1, 0.15) is 0 Å². The van der Waals surface area contributed by atoms with Crippen LogP contribution < -0.4 is 0 Å². The van der Waals surface area contributed by atoms with Crippen molar-refractivity contribution >= 4 is 5.71 Å². The largest absolute Gasteiger partial charge is 0.411 e. The van der Waals surface area contributed by atoms with Gasteiger partial charge in [-0.25, -0.2) is 0 Å². The standard InChI is InChI=1S/C13H18N2O/c16-14-13(12-6-2-1-3-7-12)8-11-15-9-4-5-10-15/h1-3,6-7,16H,4-5,8-11H2/b14-13+. The highest BCUT2D eigenvalue weighted by Crippen LogP contribution is 2.10. The first-order chi connectivity index (χ1) is 7.90. The molecule has 2 rings (SSSR count). The van der Waals surface area contributed by atoms with Crippen LogP contribution in [0, 0.1) is 0 Å². The van der Waals surface area contributed by atoms with E-state index >= 15 is 0 Å². The second-order valence-electron chi connectivity index (χ2n) is 4.21. The molecule has 1 aliphatic heterocycles. The molecule has 1 saturated heterocycles. The molecule has 86 valence electrons. The molecular weight excluding hydrogens is 200 g/mol. The summed E-state index contributed by atoms with van der Waals surface area (Å²) in [5.41, 5.74) is 1.80. The van der Waals surface area contributed by atoms with Crippen molar-refractivity contribution in [3.05, 3.63) is 35.9 Å². The fraction of sp³-hybridized carbons (Fsp3) is 0.462. The molecule has 0 aromatic heterocycles. The molecule has 1 aromatic carbocycles. The molecular formula is C13H18N2O. The van der Waals surface area contributed by atoms with Crippen molar-refractivity contribution in [3.8, 4) is 0 Å². The van der Waals surface area contributed by atoms with Crippen LogP contribution in [-0.4, -0.2) is 35.5 Å². The minimum Gasteiger partial charge on any atom is -0.411 e. The van der Waals surface area contributed by atoms with Gasteiger partial charge in [-0.05, 0) is 31.5 Å². The zero-order valence-corrected chi connectivity index (χ0v) is 9.47. The van der Waals surface area contributed by atoms with Crippen LogP contribution in [0.1, 0.15) is 24.8 Å². The summed E-state index contributed by atoms with van der Waals surface area (Å²) in [6.45, 7) is 3.37. The number of benzene rings is 1. The molecule has 0 unspecified atom stereocenters. The molecule has 1 N–H and O–H groups in total. The molecule has 0 saturated carbocycles. The first-order valence-corrected chi connectivity index (χ1v) is 5.89. The Morgan fingerprint density at radius 1 is 1.19 bits per heavy atom. The number of rotatable bonds is 4. The zero-order valence-electron chi connectivity index (χ0n) is 9.47. The second kappa shape index (κ2) is 5.66. The Labute approximate surface area is 96.4 Å². The molecule has 0 atom stereocenters. The predicted octanol–water partition coefficient (Wildman–Crippen LogP) is 2.35. The van der Waals surface area contributed by atoms with Crippen molar-refractivity contribution < 1.29 is 5.21 Å². The smallest absolute Gasteiger partial charge is 0.0880 e. The third-order valence-electron chi connectivity index (χ3n) is 3.09. The Hall–Kier alpha value is -1.35. The average Bonchev–Trinajstić information content (AvgIpc) is 2.84. The molecule has 0 amide bonds. The lowest BCUT2D eigenvalue weighted by molar-refractivity contribution is 0.313. The van der Waals surface area contributed by atoms with Gasteiger partial charge in [-0.15, -0.1) is 0 Å². The van der Waals surface area contributed by atoms with Gasteiger partial charge in [0.05, 0.1) is 5.71 Å². The Morgan fingerprint density at radius 2 is 1.88 bits per heavy atom. The number of likely N-dealkylation sites (tertiary alicyclic amines) is 1. The highest BCUT2D eigenvalue weighted by molar-refractivity contribution is 6.00. The molecule has 0 radical (unpaired) electrons. The van der Waals surface area contributed by atoms with Gasteiger partial charge >= 0.3 is 0 Å². The molecule has 1 fully saturated rings. The fourth-order valence-corrected chi connectivity index (χ4v) is 2.15. The van der Waals surface area contributed by atoms with Crippen molar-refractivity contribution in [3.63, 3.8) is 0 Å². The van der Waals surface area contributed by atoms with Crippen LogP contribution in [0.3, 0.4) is 0 Å². The summed E-state index contributed by atoms with van der Waals surface area (Å²) in [7, 11) is 0. The average molecular weight is 218 g/mol. The van der Waals surface area contributed by atoms with Crippen LogP contribution in [-0.2, 0) is 0 Å². The maximum Gasteiger partial charge on any atom is 0.0880 e. The van der Waals surface area contributed by atoms with Gasteiger partial charge < -0.3 is 10.1 Å². The van der Waals surface area contributed by atoms with Crippen molar-refractivity contribution in [2.24, 2.45) is 5.16 Å². The second-order valence-corrected chi connectivity index (χ2v) is 4.21. The van der Waals surface area contributed by atoms with Crippen LogP contribution in [0.4, 0.5) is 0 Å². The first kappa shape index (κ1) is 11.1. The Bertz CT molecular complexity index is 342. The minimum absolute atomic E-state index is 0.785. The van der Waals surface area contributed by atoms with Crippen LogP contribution in [0.15, 0.2) is 35.5 Å². The Balaban J connectivity index is 1.91. The minimum atomic E-state index is 0.785. The monoisotopic (exact) mass is 218 g/mol. The summed E-state index contributed by atoms with van der Waals surface area (Å²) < 4.78 is 0. The summed E-state index contributed by atoms with van der Waals surface area (Å²) >= 11 is 0. The van der Waals surface area contributed by atoms with Crippen molar-refractivity contribution in [2.75, 3.05) is 19.6 Å². The SMILES string of the molecule is O/N=C(\CCN1CCCC1)c1ccccc1. The van der Waals surface area contributed by atoms with Crippen LogP contribution in [0.25, 0.3) is 0 Å². The van der Waals surface area contributed by atoms with E-state index in [1.807, 2.05) is 30.3 Å². The summed E-state index contributed by atoms with van der Waals surface area (Å²) in [4.78, 5) is 2.42. The van der Waals surface area contributed by atoms with Crippen LogP contribution >= 0.6 is 0 Å². The van der Waals surface area contributed by atoms with E-state index in [0.717, 1.165) is 24.2 Å². The van der Waals surface area contributed by atoms with Gasteiger partial charge in [-0.2, -0.15) is 0 Å².